The van der Waals surface area contributed by atoms with Gasteiger partial charge in [0.1, 0.15) is 0 Å². The molecule has 6 aromatic carbocycles. The zero-order valence-corrected chi connectivity index (χ0v) is 43.1. The van der Waals surface area contributed by atoms with Crippen LogP contribution < -0.4 is 0 Å². The van der Waals surface area contributed by atoms with Crippen molar-refractivity contribution in [3.05, 3.63) is 219 Å². The Morgan fingerprint density at radius 3 is 0.638 bits per heavy atom. The van der Waals surface area contributed by atoms with Gasteiger partial charge in [-0.25, -0.2) is 0 Å². The van der Waals surface area contributed by atoms with E-state index in [9.17, 15) is 0 Å². The number of benzene rings is 6. The predicted octanol–water partition coefficient (Wildman–Crippen LogP) is 17.0. The van der Waals surface area contributed by atoms with Crippen LogP contribution in [0.25, 0.3) is 11.1 Å². The molecule has 1 aliphatic carbocycles. The Bertz CT molecular complexity index is 1370. The third kappa shape index (κ3) is 25.0. The summed E-state index contributed by atoms with van der Waals surface area (Å²) >= 11 is 0. The van der Waals surface area contributed by atoms with Gasteiger partial charge in [-0.1, -0.05) is 265 Å². The molecule has 1 aliphatic rings. The quantitative estimate of drug-likeness (QED) is 0.161. The third-order valence-electron chi connectivity index (χ3n) is 6.70. The standard InChI is InChI=1S/C25H18.2C6H6.2C2H6O.6C2H6.2CH3.Y/c1-3-11-19(12-4-1)25(20-13-5-2-6-14-20)23-17-9-7-15-21(23)22-16-8-10-18-24(22)25;2*1-2-4-6-5-3-1;2*1-3-2;6*1-2;;;/h1-18H;2*1-6H;2*1-2H3;6*1-2H3;2*1H3;/q;;;;;;;;;;;2*-1;. The van der Waals surface area contributed by atoms with Crippen molar-refractivity contribution in [1.82, 2.24) is 0 Å². The summed E-state index contributed by atoms with van der Waals surface area (Å²) in [6, 6.07) is 63.5. The van der Waals surface area contributed by atoms with Gasteiger partial charge in [-0.05, 0) is 33.4 Å². The number of hydrogen-bond acceptors (Lipinski definition) is 2. The van der Waals surface area contributed by atoms with Crippen molar-refractivity contribution in [1.29, 1.82) is 0 Å². The van der Waals surface area contributed by atoms with Crippen LogP contribution in [0.3, 0.4) is 0 Å². The first-order chi connectivity index (χ1) is 27.2. The van der Waals surface area contributed by atoms with Crippen molar-refractivity contribution in [2.45, 2.75) is 88.5 Å². The first-order valence-corrected chi connectivity index (χ1v) is 20.4. The van der Waals surface area contributed by atoms with E-state index in [0.29, 0.717) is 0 Å². The molecule has 0 unspecified atom stereocenters. The van der Waals surface area contributed by atoms with Crippen molar-refractivity contribution in [2.75, 3.05) is 28.4 Å². The molecule has 6 aromatic rings. The van der Waals surface area contributed by atoms with E-state index in [1.807, 2.05) is 156 Å². The molecule has 7 rings (SSSR count). The molecule has 0 saturated heterocycles. The Hall–Kier alpha value is -3.66. The van der Waals surface area contributed by atoms with Crippen LogP contribution in [0.1, 0.15) is 105 Å². The van der Waals surface area contributed by atoms with Gasteiger partial charge in [0.2, 0.25) is 0 Å². The molecule has 1 radical (unpaired) electrons. The van der Waals surface area contributed by atoms with Crippen LogP contribution >= 0.6 is 0 Å². The molecule has 0 amide bonds. The fourth-order valence-corrected chi connectivity index (χ4v) is 5.17. The molecule has 58 heavy (non-hydrogen) atoms. The number of hydrogen-bond donors (Lipinski definition) is 0. The first-order valence-electron chi connectivity index (χ1n) is 20.4. The summed E-state index contributed by atoms with van der Waals surface area (Å²) in [4.78, 5) is 0. The molecule has 3 heteroatoms. The molecule has 0 atom stereocenters. The smallest absolute Gasteiger partial charge is 0.0713 e. The zero-order valence-electron chi connectivity index (χ0n) is 40.2. The Morgan fingerprint density at radius 1 is 0.276 bits per heavy atom. The molecule has 0 heterocycles. The van der Waals surface area contributed by atoms with Crippen LogP contribution in [-0.2, 0) is 47.6 Å². The van der Waals surface area contributed by atoms with E-state index in [1.165, 1.54) is 33.4 Å². The van der Waals surface area contributed by atoms with E-state index >= 15 is 0 Å². The monoisotopic (exact) mass is 866 g/mol. The van der Waals surface area contributed by atoms with Crippen molar-refractivity contribution >= 4 is 0 Å². The van der Waals surface area contributed by atoms with Gasteiger partial charge in [0.05, 0.1) is 5.41 Å². The second-order valence-electron chi connectivity index (χ2n) is 9.70. The fourth-order valence-electron chi connectivity index (χ4n) is 5.17. The normalized spacial score (nSPS) is 8.90. The molecule has 0 N–H and O–H groups in total. The fraction of sp³-hybridized carbons (Fsp3) is 0.309. The van der Waals surface area contributed by atoms with Gasteiger partial charge in [0.15, 0.2) is 0 Å². The summed E-state index contributed by atoms with van der Waals surface area (Å²) < 4.78 is 8.50. The van der Waals surface area contributed by atoms with Gasteiger partial charge < -0.3 is 24.3 Å². The number of rotatable bonds is 2. The molecule has 0 bridgehead atoms. The summed E-state index contributed by atoms with van der Waals surface area (Å²) in [5, 5.41) is 0. The average molecular weight is 866 g/mol. The minimum Gasteiger partial charge on any atom is -0.388 e. The Balaban J connectivity index is -0.000000132. The number of methoxy groups -OCH3 is 2. The molecule has 0 aliphatic heterocycles. The number of fused-ring (bicyclic) bond motifs is 3. The minimum absolute atomic E-state index is 0. The van der Waals surface area contributed by atoms with Crippen LogP contribution in [0.5, 0.6) is 0 Å². The summed E-state index contributed by atoms with van der Waals surface area (Å²) in [5.74, 6) is 0. The Morgan fingerprint density at radius 2 is 0.431 bits per heavy atom. The molecule has 2 nitrogen and oxygen atoms in total. The SMILES string of the molecule is CC.CC.CC.CC.CC.CC.COC.COC.[CH3-].[CH3-].[Y].c1ccc(C2(c3ccccc3)c3ccccc3-c3ccccc32)cc1.c1ccccc1.c1ccccc1. The molecule has 321 valence electrons. The minimum atomic E-state index is -0.254. The van der Waals surface area contributed by atoms with Crippen LogP contribution in [-0.4, -0.2) is 28.4 Å². The van der Waals surface area contributed by atoms with Crippen molar-refractivity contribution < 1.29 is 42.2 Å². The van der Waals surface area contributed by atoms with Crippen LogP contribution in [0, 0.1) is 14.9 Å². The summed E-state index contributed by atoms with van der Waals surface area (Å²) in [6.07, 6.45) is 0. The third-order valence-corrected chi connectivity index (χ3v) is 6.70. The van der Waals surface area contributed by atoms with E-state index in [1.54, 1.807) is 28.4 Å². The predicted molar refractivity (Wildman–Crippen MR) is 263 cm³/mol. The van der Waals surface area contributed by atoms with E-state index in [4.69, 9.17) is 0 Å². The summed E-state index contributed by atoms with van der Waals surface area (Å²) in [7, 11) is 6.50. The van der Waals surface area contributed by atoms with Crippen LogP contribution in [0.2, 0.25) is 0 Å². The van der Waals surface area contributed by atoms with Crippen molar-refractivity contribution in [3.63, 3.8) is 0 Å². The Labute approximate surface area is 386 Å². The van der Waals surface area contributed by atoms with Gasteiger partial charge in [0, 0.05) is 61.1 Å². The van der Waals surface area contributed by atoms with Crippen molar-refractivity contribution in [2.24, 2.45) is 0 Å². The van der Waals surface area contributed by atoms with E-state index in [-0.39, 0.29) is 53.0 Å². The summed E-state index contributed by atoms with van der Waals surface area (Å²) in [5.41, 5.74) is 7.80. The van der Waals surface area contributed by atoms with E-state index in [0.717, 1.165) is 0 Å². The topological polar surface area (TPSA) is 18.5 Å². The maximum atomic E-state index is 4.25. The molecule has 0 saturated carbocycles. The largest absolute Gasteiger partial charge is 0.388 e. The molecular weight excluding hydrogens is 782 g/mol. The number of ether oxygens (including phenoxy) is 2. The van der Waals surface area contributed by atoms with Crippen molar-refractivity contribution in [3.8, 4) is 11.1 Å². The molecule has 0 spiro atoms. The van der Waals surface area contributed by atoms with Crippen LogP contribution in [0.4, 0.5) is 0 Å². The first kappa shape index (κ1) is 69.0. The maximum absolute atomic E-state index is 4.25. The van der Waals surface area contributed by atoms with Gasteiger partial charge >= 0.3 is 0 Å². The summed E-state index contributed by atoms with van der Waals surface area (Å²) in [6.45, 7) is 24.0. The maximum Gasteiger partial charge on any atom is 0.0713 e. The Kier molecular flexibility index (Phi) is 63.5. The molecular formula is C55H84O2Y-2. The average Bonchev–Trinajstić information content (AvgIpc) is 3.62. The van der Waals surface area contributed by atoms with Gasteiger partial charge in [-0.2, -0.15) is 0 Å². The zero-order chi connectivity index (χ0) is 42.6. The molecule has 0 fully saturated rings. The second kappa shape index (κ2) is 53.3. The van der Waals surface area contributed by atoms with Gasteiger partial charge in [-0.15, -0.1) is 0 Å². The van der Waals surface area contributed by atoms with E-state index in [2.05, 4.69) is 119 Å². The van der Waals surface area contributed by atoms with E-state index < -0.39 is 0 Å². The second-order valence-corrected chi connectivity index (χ2v) is 9.70. The van der Waals surface area contributed by atoms with Gasteiger partial charge in [-0.3, -0.25) is 0 Å². The van der Waals surface area contributed by atoms with Gasteiger partial charge in [0.25, 0.3) is 0 Å². The van der Waals surface area contributed by atoms with Crippen LogP contribution in [0.15, 0.2) is 182 Å². The molecule has 0 aromatic heterocycles.